The molecule has 0 atom stereocenters. The van der Waals surface area contributed by atoms with Gasteiger partial charge in [-0.3, -0.25) is 4.79 Å². The number of ether oxygens (including phenoxy) is 1. The molecule has 0 spiro atoms. The smallest absolute Gasteiger partial charge is 0.305 e. The van der Waals surface area contributed by atoms with Gasteiger partial charge in [0, 0.05) is 6.42 Å². The van der Waals surface area contributed by atoms with Gasteiger partial charge in [0.15, 0.2) is 0 Å². The van der Waals surface area contributed by atoms with Crippen LogP contribution < -0.4 is 0 Å². The van der Waals surface area contributed by atoms with Gasteiger partial charge in [-0.05, 0) is 24.8 Å². The van der Waals surface area contributed by atoms with Crippen LogP contribution in [-0.4, -0.2) is 12.6 Å². The number of carbonyl (C=O) groups excluding carboxylic acids is 1. The summed E-state index contributed by atoms with van der Waals surface area (Å²) in [5.74, 6) is -0.0309. The lowest BCUT2D eigenvalue weighted by Gasteiger charge is -2.05. The summed E-state index contributed by atoms with van der Waals surface area (Å²) in [5, 5.41) is 0. The molecule has 0 heterocycles. The van der Waals surface area contributed by atoms with Crippen LogP contribution in [0.15, 0.2) is 30.3 Å². The van der Waals surface area contributed by atoms with Crippen LogP contribution in [0.5, 0.6) is 0 Å². The number of unbranched alkanes of at least 4 members (excludes halogenated alkanes) is 6. The highest BCUT2D eigenvalue weighted by molar-refractivity contribution is 5.69. The Labute approximate surface area is 129 Å². The van der Waals surface area contributed by atoms with Gasteiger partial charge in [0.2, 0.25) is 0 Å². The SMILES string of the molecule is CCCCCCCCCC(=O)OCCCc1ccccc1. The largest absolute Gasteiger partial charge is 0.466 e. The third-order valence-corrected chi connectivity index (χ3v) is 3.70. The Kier molecular flexibility index (Phi) is 10.5. The zero-order valence-electron chi connectivity index (χ0n) is 13.5. The van der Waals surface area contributed by atoms with Crippen LogP contribution in [0.2, 0.25) is 0 Å². The highest BCUT2D eigenvalue weighted by atomic mass is 16.5. The van der Waals surface area contributed by atoms with Gasteiger partial charge in [-0.15, -0.1) is 0 Å². The molecule has 0 aromatic heterocycles. The first-order valence-electron chi connectivity index (χ1n) is 8.52. The van der Waals surface area contributed by atoms with E-state index in [1.165, 1.54) is 37.7 Å². The molecule has 0 saturated carbocycles. The first-order valence-corrected chi connectivity index (χ1v) is 8.52. The summed E-state index contributed by atoms with van der Waals surface area (Å²) in [5.41, 5.74) is 1.31. The van der Waals surface area contributed by atoms with E-state index in [1.54, 1.807) is 0 Å². The van der Waals surface area contributed by atoms with E-state index in [0.717, 1.165) is 25.7 Å². The second kappa shape index (κ2) is 12.4. The quantitative estimate of drug-likeness (QED) is 0.385. The van der Waals surface area contributed by atoms with E-state index >= 15 is 0 Å². The first kappa shape index (κ1) is 17.7. The van der Waals surface area contributed by atoms with Gasteiger partial charge in [0.25, 0.3) is 0 Å². The number of aryl methyl sites for hydroxylation is 1. The van der Waals surface area contributed by atoms with Crippen molar-refractivity contribution >= 4 is 5.97 Å². The number of esters is 1. The van der Waals surface area contributed by atoms with Crippen LogP contribution in [-0.2, 0) is 16.0 Å². The van der Waals surface area contributed by atoms with Crippen LogP contribution in [0, 0.1) is 0 Å². The summed E-state index contributed by atoms with van der Waals surface area (Å²) in [4.78, 5) is 11.6. The van der Waals surface area contributed by atoms with Crippen LogP contribution in [0.4, 0.5) is 0 Å². The molecular formula is C19H30O2. The van der Waals surface area contributed by atoms with Crippen molar-refractivity contribution in [2.75, 3.05) is 6.61 Å². The van der Waals surface area contributed by atoms with Gasteiger partial charge in [-0.25, -0.2) is 0 Å². The Morgan fingerprint density at radius 2 is 1.57 bits per heavy atom. The predicted molar refractivity (Wildman–Crippen MR) is 88.3 cm³/mol. The normalized spacial score (nSPS) is 10.5. The summed E-state index contributed by atoms with van der Waals surface area (Å²) < 4.78 is 5.27. The van der Waals surface area contributed by atoms with Crippen LogP contribution in [0.25, 0.3) is 0 Å². The standard InChI is InChI=1S/C19H30O2/c1-2-3-4-5-6-7-11-16-19(20)21-17-12-15-18-13-9-8-10-14-18/h8-10,13-14H,2-7,11-12,15-17H2,1H3. The Balaban J connectivity index is 1.90. The molecule has 1 aromatic rings. The summed E-state index contributed by atoms with van der Waals surface area (Å²) in [7, 11) is 0. The number of benzene rings is 1. The Hall–Kier alpha value is -1.31. The minimum absolute atomic E-state index is 0.0309. The van der Waals surface area contributed by atoms with Gasteiger partial charge in [0.1, 0.15) is 0 Å². The fraction of sp³-hybridized carbons (Fsp3) is 0.632. The zero-order valence-corrected chi connectivity index (χ0v) is 13.5. The van der Waals surface area contributed by atoms with Crippen molar-refractivity contribution in [2.24, 2.45) is 0 Å². The zero-order chi connectivity index (χ0) is 15.2. The second-order valence-electron chi connectivity index (χ2n) is 5.68. The van der Waals surface area contributed by atoms with Crippen molar-refractivity contribution in [2.45, 2.75) is 71.1 Å². The van der Waals surface area contributed by atoms with E-state index in [1.807, 2.05) is 18.2 Å². The van der Waals surface area contributed by atoms with Crippen LogP contribution in [0.1, 0.15) is 70.3 Å². The summed E-state index contributed by atoms with van der Waals surface area (Å²) >= 11 is 0. The minimum atomic E-state index is -0.0309. The molecule has 0 aliphatic carbocycles. The number of hydrogen-bond acceptors (Lipinski definition) is 2. The highest BCUT2D eigenvalue weighted by Crippen LogP contribution is 2.09. The monoisotopic (exact) mass is 290 g/mol. The molecule has 0 bridgehead atoms. The van der Waals surface area contributed by atoms with E-state index in [0.29, 0.717) is 13.0 Å². The molecule has 0 aliphatic rings. The summed E-state index contributed by atoms with van der Waals surface area (Å²) in [6.07, 6.45) is 11.1. The van der Waals surface area contributed by atoms with Gasteiger partial charge in [0.05, 0.1) is 6.61 Å². The molecule has 0 amide bonds. The lowest BCUT2D eigenvalue weighted by atomic mass is 10.1. The molecular weight excluding hydrogens is 260 g/mol. The maximum absolute atomic E-state index is 11.6. The topological polar surface area (TPSA) is 26.3 Å². The lowest BCUT2D eigenvalue weighted by Crippen LogP contribution is -2.06. The molecule has 2 heteroatoms. The number of hydrogen-bond donors (Lipinski definition) is 0. The van der Waals surface area contributed by atoms with Crippen molar-refractivity contribution in [3.63, 3.8) is 0 Å². The highest BCUT2D eigenvalue weighted by Gasteiger charge is 2.02. The third-order valence-electron chi connectivity index (χ3n) is 3.70. The average Bonchev–Trinajstić information content (AvgIpc) is 2.52. The lowest BCUT2D eigenvalue weighted by molar-refractivity contribution is -0.143. The van der Waals surface area contributed by atoms with E-state index in [4.69, 9.17) is 4.74 Å². The van der Waals surface area contributed by atoms with Gasteiger partial charge >= 0.3 is 5.97 Å². The molecule has 118 valence electrons. The number of rotatable bonds is 12. The first-order chi connectivity index (χ1) is 10.3. The fourth-order valence-electron chi connectivity index (χ4n) is 2.41. The van der Waals surface area contributed by atoms with E-state index in [9.17, 15) is 4.79 Å². The molecule has 0 radical (unpaired) electrons. The molecule has 0 unspecified atom stereocenters. The van der Waals surface area contributed by atoms with Gasteiger partial charge in [-0.1, -0.05) is 75.8 Å². The third kappa shape index (κ3) is 10.1. The molecule has 1 aromatic carbocycles. The maximum atomic E-state index is 11.6. The Morgan fingerprint density at radius 3 is 2.29 bits per heavy atom. The average molecular weight is 290 g/mol. The molecule has 0 aliphatic heterocycles. The minimum Gasteiger partial charge on any atom is -0.466 e. The molecule has 21 heavy (non-hydrogen) atoms. The van der Waals surface area contributed by atoms with E-state index in [-0.39, 0.29) is 5.97 Å². The van der Waals surface area contributed by atoms with Crippen molar-refractivity contribution in [1.82, 2.24) is 0 Å². The van der Waals surface area contributed by atoms with Crippen molar-refractivity contribution in [1.29, 1.82) is 0 Å². The van der Waals surface area contributed by atoms with E-state index in [2.05, 4.69) is 19.1 Å². The summed E-state index contributed by atoms with van der Waals surface area (Å²) in [6.45, 7) is 2.78. The number of carbonyl (C=O) groups is 1. The van der Waals surface area contributed by atoms with Crippen molar-refractivity contribution in [3.05, 3.63) is 35.9 Å². The molecule has 0 saturated heterocycles. The van der Waals surface area contributed by atoms with Crippen LogP contribution in [0.3, 0.4) is 0 Å². The molecule has 0 N–H and O–H groups in total. The molecule has 2 nitrogen and oxygen atoms in total. The second-order valence-corrected chi connectivity index (χ2v) is 5.68. The summed E-state index contributed by atoms with van der Waals surface area (Å²) in [6, 6.07) is 10.3. The van der Waals surface area contributed by atoms with Crippen molar-refractivity contribution in [3.8, 4) is 0 Å². The molecule has 0 fully saturated rings. The Bertz CT molecular complexity index is 359. The maximum Gasteiger partial charge on any atom is 0.305 e. The van der Waals surface area contributed by atoms with Gasteiger partial charge < -0.3 is 4.74 Å². The Morgan fingerprint density at radius 1 is 0.905 bits per heavy atom. The van der Waals surface area contributed by atoms with Gasteiger partial charge in [-0.2, -0.15) is 0 Å². The van der Waals surface area contributed by atoms with Crippen LogP contribution >= 0.6 is 0 Å². The molecule has 1 rings (SSSR count). The van der Waals surface area contributed by atoms with E-state index < -0.39 is 0 Å². The van der Waals surface area contributed by atoms with Crippen molar-refractivity contribution < 1.29 is 9.53 Å². The fourth-order valence-corrected chi connectivity index (χ4v) is 2.41. The predicted octanol–water partition coefficient (Wildman–Crippen LogP) is 5.30.